The second-order valence-electron chi connectivity index (χ2n) is 5.29. The molecule has 3 amide bonds. The van der Waals surface area contributed by atoms with Gasteiger partial charge in [-0.25, -0.2) is 0 Å². The molecule has 0 heterocycles. The summed E-state index contributed by atoms with van der Waals surface area (Å²) < 4.78 is 0. The van der Waals surface area contributed by atoms with Crippen LogP contribution in [0.3, 0.4) is 0 Å². The monoisotopic (exact) mass is 271 g/mol. The Hall–Kier alpha value is -1.59. The summed E-state index contributed by atoms with van der Waals surface area (Å²) in [6.45, 7) is 9.85. The van der Waals surface area contributed by atoms with Crippen LogP contribution < -0.4 is 10.6 Å². The van der Waals surface area contributed by atoms with Crippen LogP contribution in [0, 0.1) is 5.41 Å². The second kappa shape index (κ2) is 7.76. The Bertz CT molecular complexity index is 335. The lowest BCUT2D eigenvalue weighted by Gasteiger charge is -2.22. The Morgan fingerprint density at radius 2 is 1.63 bits per heavy atom. The number of rotatable bonds is 6. The third-order valence-electron chi connectivity index (χ3n) is 2.52. The molecule has 0 aliphatic heterocycles. The fourth-order valence-corrected chi connectivity index (χ4v) is 1.34. The van der Waals surface area contributed by atoms with Gasteiger partial charge in [-0.05, 0) is 13.8 Å². The molecule has 0 unspecified atom stereocenters. The first-order valence-corrected chi connectivity index (χ1v) is 6.55. The number of hydrogen-bond donors (Lipinski definition) is 2. The quantitative estimate of drug-likeness (QED) is 0.721. The maximum Gasteiger partial charge on any atom is 0.242 e. The maximum atomic E-state index is 11.9. The highest BCUT2D eigenvalue weighted by molar-refractivity contribution is 5.89. The summed E-state index contributed by atoms with van der Waals surface area (Å²) in [5.74, 6) is -0.638. The normalized spacial score (nSPS) is 10.8. The summed E-state index contributed by atoms with van der Waals surface area (Å²) in [6, 6.07) is 0. The zero-order valence-electron chi connectivity index (χ0n) is 12.5. The molecule has 0 aromatic rings. The standard InChI is InChI=1S/C13H25N3O3/c1-6-14-10(17)9-16(7-2)11(18)8-15-12(19)13(3,4)5/h6-9H2,1-5H3,(H,14,17)(H,15,19). The number of carbonyl (C=O) groups excluding carboxylic acids is 3. The van der Waals surface area contributed by atoms with Gasteiger partial charge in [-0.3, -0.25) is 14.4 Å². The minimum Gasteiger partial charge on any atom is -0.355 e. The van der Waals surface area contributed by atoms with Crippen molar-refractivity contribution in [2.45, 2.75) is 34.6 Å². The van der Waals surface area contributed by atoms with E-state index in [1.807, 2.05) is 6.92 Å². The molecule has 0 aromatic carbocycles. The zero-order chi connectivity index (χ0) is 15.1. The first-order valence-electron chi connectivity index (χ1n) is 6.55. The second-order valence-corrected chi connectivity index (χ2v) is 5.29. The van der Waals surface area contributed by atoms with Crippen molar-refractivity contribution in [3.8, 4) is 0 Å². The van der Waals surface area contributed by atoms with Crippen LogP contribution in [0.25, 0.3) is 0 Å². The fourth-order valence-electron chi connectivity index (χ4n) is 1.34. The largest absolute Gasteiger partial charge is 0.355 e. The lowest BCUT2D eigenvalue weighted by atomic mass is 9.96. The van der Waals surface area contributed by atoms with Crippen LogP contribution >= 0.6 is 0 Å². The van der Waals surface area contributed by atoms with Crippen LogP contribution in [0.2, 0.25) is 0 Å². The lowest BCUT2D eigenvalue weighted by Crippen LogP contribution is -2.46. The molecular weight excluding hydrogens is 246 g/mol. The highest BCUT2D eigenvalue weighted by atomic mass is 16.2. The number of nitrogens with one attached hydrogen (secondary N) is 2. The first kappa shape index (κ1) is 17.4. The van der Waals surface area contributed by atoms with Gasteiger partial charge in [-0.15, -0.1) is 0 Å². The van der Waals surface area contributed by atoms with Crippen LogP contribution in [-0.2, 0) is 14.4 Å². The fraction of sp³-hybridized carbons (Fsp3) is 0.769. The van der Waals surface area contributed by atoms with E-state index in [9.17, 15) is 14.4 Å². The topological polar surface area (TPSA) is 78.5 Å². The molecule has 0 atom stereocenters. The van der Waals surface area contributed by atoms with Gasteiger partial charge in [0, 0.05) is 18.5 Å². The van der Waals surface area contributed by atoms with Crippen molar-refractivity contribution in [3.63, 3.8) is 0 Å². The minimum absolute atomic E-state index is 0.0224. The Kier molecular flexibility index (Phi) is 7.11. The Labute approximate surface area is 114 Å². The molecule has 0 aromatic heterocycles. The van der Waals surface area contributed by atoms with E-state index in [0.717, 1.165) is 0 Å². The molecular formula is C13H25N3O3. The number of carbonyl (C=O) groups is 3. The van der Waals surface area contributed by atoms with Gasteiger partial charge < -0.3 is 15.5 Å². The summed E-state index contributed by atoms with van der Waals surface area (Å²) in [7, 11) is 0. The third-order valence-corrected chi connectivity index (χ3v) is 2.52. The van der Waals surface area contributed by atoms with Gasteiger partial charge in [0.2, 0.25) is 17.7 Å². The predicted octanol–water partition coefficient (Wildman–Crippen LogP) is 0.133. The van der Waals surface area contributed by atoms with E-state index in [1.54, 1.807) is 27.7 Å². The van der Waals surface area contributed by atoms with Crippen molar-refractivity contribution in [1.82, 2.24) is 15.5 Å². The average molecular weight is 271 g/mol. The van der Waals surface area contributed by atoms with E-state index in [2.05, 4.69) is 10.6 Å². The molecule has 0 aliphatic rings. The van der Waals surface area contributed by atoms with Gasteiger partial charge in [0.1, 0.15) is 0 Å². The number of nitrogens with zero attached hydrogens (tertiary/aromatic N) is 1. The van der Waals surface area contributed by atoms with Crippen molar-refractivity contribution < 1.29 is 14.4 Å². The molecule has 0 spiro atoms. The number of amides is 3. The molecule has 0 saturated carbocycles. The summed E-state index contributed by atoms with van der Waals surface area (Å²) in [6.07, 6.45) is 0. The van der Waals surface area contributed by atoms with E-state index in [1.165, 1.54) is 4.90 Å². The molecule has 6 nitrogen and oxygen atoms in total. The Morgan fingerprint density at radius 3 is 2.05 bits per heavy atom. The number of hydrogen-bond acceptors (Lipinski definition) is 3. The lowest BCUT2D eigenvalue weighted by molar-refractivity contribution is -0.137. The zero-order valence-corrected chi connectivity index (χ0v) is 12.5. The van der Waals surface area contributed by atoms with Crippen LogP contribution in [0.5, 0.6) is 0 Å². The third kappa shape index (κ3) is 6.79. The molecule has 0 fully saturated rings. The molecule has 0 aliphatic carbocycles. The summed E-state index contributed by atoms with van der Waals surface area (Å²) in [5, 5.41) is 5.21. The smallest absolute Gasteiger partial charge is 0.242 e. The number of likely N-dealkylation sites (N-methyl/N-ethyl adjacent to an activating group) is 2. The van der Waals surface area contributed by atoms with Gasteiger partial charge in [-0.1, -0.05) is 20.8 Å². The van der Waals surface area contributed by atoms with Gasteiger partial charge in [0.05, 0.1) is 13.1 Å². The van der Waals surface area contributed by atoms with Crippen molar-refractivity contribution in [2.24, 2.45) is 5.41 Å². The van der Waals surface area contributed by atoms with Gasteiger partial charge >= 0.3 is 0 Å². The SMILES string of the molecule is CCNC(=O)CN(CC)C(=O)CNC(=O)C(C)(C)C. The molecule has 110 valence electrons. The van der Waals surface area contributed by atoms with Crippen LogP contribution in [0.4, 0.5) is 0 Å². The highest BCUT2D eigenvalue weighted by Crippen LogP contribution is 2.11. The van der Waals surface area contributed by atoms with Crippen molar-refractivity contribution >= 4 is 17.7 Å². The van der Waals surface area contributed by atoms with Gasteiger partial charge in [0.25, 0.3) is 0 Å². The van der Waals surface area contributed by atoms with E-state index < -0.39 is 5.41 Å². The molecule has 0 radical (unpaired) electrons. The highest BCUT2D eigenvalue weighted by Gasteiger charge is 2.22. The minimum atomic E-state index is -0.531. The van der Waals surface area contributed by atoms with E-state index in [0.29, 0.717) is 13.1 Å². The van der Waals surface area contributed by atoms with E-state index in [4.69, 9.17) is 0 Å². The maximum absolute atomic E-state index is 11.9. The molecule has 6 heteroatoms. The molecule has 0 saturated heterocycles. The molecule has 2 N–H and O–H groups in total. The summed E-state index contributed by atoms with van der Waals surface area (Å²) >= 11 is 0. The van der Waals surface area contributed by atoms with Crippen molar-refractivity contribution in [2.75, 3.05) is 26.2 Å². The van der Waals surface area contributed by atoms with Crippen molar-refractivity contribution in [3.05, 3.63) is 0 Å². The molecule has 19 heavy (non-hydrogen) atoms. The van der Waals surface area contributed by atoms with E-state index in [-0.39, 0.29) is 30.8 Å². The average Bonchev–Trinajstić information content (AvgIpc) is 2.31. The Morgan fingerprint density at radius 1 is 1.05 bits per heavy atom. The predicted molar refractivity (Wildman–Crippen MR) is 73.4 cm³/mol. The van der Waals surface area contributed by atoms with Crippen LogP contribution in [-0.4, -0.2) is 48.8 Å². The van der Waals surface area contributed by atoms with Gasteiger partial charge in [-0.2, -0.15) is 0 Å². The molecule has 0 bridgehead atoms. The molecule has 0 rings (SSSR count). The van der Waals surface area contributed by atoms with Gasteiger partial charge in [0.15, 0.2) is 0 Å². The summed E-state index contributed by atoms with van der Waals surface area (Å²) in [5.41, 5.74) is -0.531. The van der Waals surface area contributed by atoms with Crippen LogP contribution in [0.1, 0.15) is 34.6 Å². The Balaban J connectivity index is 4.30. The van der Waals surface area contributed by atoms with Crippen molar-refractivity contribution in [1.29, 1.82) is 0 Å². The van der Waals surface area contributed by atoms with E-state index >= 15 is 0 Å². The summed E-state index contributed by atoms with van der Waals surface area (Å²) in [4.78, 5) is 36.4. The first-order chi connectivity index (χ1) is 8.72. The van der Waals surface area contributed by atoms with Crippen LogP contribution in [0.15, 0.2) is 0 Å².